The van der Waals surface area contributed by atoms with Gasteiger partial charge in [0.25, 0.3) is 5.91 Å². The summed E-state index contributed by atoms with van der Waals surface area (Å²) in [6.45, 7) is 1.34. The molecule has 0 unspecified atom stereocenters. The lowest BCUT2D eigenvalue weighted by atomic mass is 10.1. The molecule has 1 saturated carbocycles. The number of methoxy groups -OCH3 is 2. The molecule has 1 aliphatic carbocycles. The Hall–Kier alpha value is -2.38. The molecule has 136 valence electrons. The summed E-state index contributed by atoms with van der Waals surface area (Å²) >= 11 is 1.46. The van der Waals surface area contributed by atoms with E-state index in [4.69, 9.17) is 9.47 Å². The van der Waals surface area contributed by atoms with Crippen molar-refractivity contribution in [1.82, 2.24) is 14.7 Å². The normalized spacial score (nSPS) is 15.2. The van der Waals surface area contributed by atoms with E-state index in [1.165, 1.54) is 11.3 Å². The lowest BCUT2D eigenvalue weighted by Crippen LogP contribution is -2.32. The van der Waals surface area contributed by atoms with Crippen LogP contribution in [0, 0.1) is 5.41 Å². The van der Waals surface area contributed by atoms with Crippen molar-refractivity contribution in [1.29, 1.82) is 0 Å². The topological polar surface area (TPSA) is 64.9 Å². The maximum atomic E-state index is 12.6. The summed E-state index contributed by atoms with van der Waals surface area (Å²) in [6, 6.07) is 7.75. The smallest absolute Gasteiger partial charge is 0.269 e. The predicted molar refractivity (Wildman–Crippen MR) is 101 cm³/mol. The van der Waals surface area contributed by atoms with Gasteiger partial charge in [0.1, 0.15) is 11.4 Å². The number of ether oxygens (including phenoxy) is 2. The van der Waals surface area contributed by atoms with E-state index < -0.39 is 0 Å². The number of aromatic nitrogens is 2. The van der Waals surface area contributed by atoms with Crippen LogP contribution in [0.2, 0.25) is 0 Å². The quantitative estimate of drug-likeness (QED) is 0.693. The highest BCUT2D eigenvalue weighted by molar-refractivity contribution is 7.15. The number of benzene rings is 1. The van der Waals surface area contributed by atoms with Gasteiger partial charge in [0.05, 0.1) is 19.4 Å². The molecule has 0 aliphatic heterocycles. The maximum Gasteiger partial charge on any atom is 0.269 e. The molecule has 0 bridgehead atoms. The van der Waals surface area contributed by atoms with Crippen LogP contribution < -0.4 is 10.1 Å². The molecule has 6 nitrogen and oxygen atoms in total. The first-order valence-corrected chi connectivity index (χ1v) is 9.40. The molecule has 0 atom stereocenters. The molecule has 2 aromatic heterocycles. The average molecular weight is 371 g/mol. The van der Waals surface area contributed by atoms with Crippen LogP contribution in [0.5, 0.6) is 5.75 Å². The fourth-order valence-electron chi connectivity index (χ4n) is 3.08. The molecular weight excluding hydrogens is 350 g/mol. The van der Waals surface area contributed by atoms with Crippen LogP contribution in [0.3, 0.4) is 0 Å². The zero-order chi connectivity index (χ0) is 18.1. The third-order valence-electron chi connectivity index (χ3n) is 4.84. The Labute approximate surface area is 155 Å². The van der Waals surface area contributed by atoms with Gasteiger partial charge in [-0.15, -0.1) is 11.3 Å². The van der Waals surface area contributed by atoms with Gasteiger partial charge in [0.15, 0.2) is 4.96 Å². The largest absolute Gasteiger partial charge is 0.497 e. The molecule has 1 fully saturated rings. The Morgan fingerprint density at radius 3 is 2.96 bits per heavy atom. The number of thiazole rings is 1. The second kappa shape index (κ2) is 6.74. The van der Waals surface area contributed by atoms with Crippen LogP contribution in [0.4, 0.5) is 0 Å². The van der Waals surface area contributed by atoms with Gasteiger partial charge in [-0.05, 0) is 25.0 Å². The second-order valence-corrected chi connectivity index (χ2v) is 7.58. The molecular formula is C19H21N3O3S. The van der Waals surface area contributed by atoms with Crippen molar-refractivity contribution in [3.8, 4) is 17.0 Å². The number of nitrogens with zero attached hydrogens (tertiary/aromatic N) is 2. The summed E-state index contributed by atoms with van der Waals surface area (Å²) in [5.74, 6) is 0.706. The molecule has 3 aromatic rings. The van der Waals surface area contributed by atoms with Gasteiger partial charge in [0.2, 0.25) is 0 Å². The van der Waals surface area contributed by atoms with Crippen LogP contribution in [0.1, 0.15) is 23.3 Å². The van der Waals surface area contributed by atoms with Crippen molar-refractivity contribution in [3.05, 3.63) is 41.5 Å². The summed E-state index contributed by atoms with van der Waals surface area (Å²) < 4.78 is 12.4. The van der Waals surface area contributed by atoms with Crippen molar-refractivity contribution in [3.63, 3.8) is 0 Å². The highest BCUT2D eigenvalue weighted by Crippen LogP contribution is 2.45. The van der Waals surface area contributed by atoms with E-state index in [2.05, 4.69) is 10.3 Å². The Morgan fingerprint density at radius 1 is 1.38 bits per heavy atom. The van der Waals surface area contributed by atoms with Crippen LogP contribution in [0.25, 0.3) is 16.2 Å². The van der Waals surface area contributed by atoms with E-state index in [1.807, 2.05) is 40.2 Å². The SMILES string of the molecule is COCC1(CNC(=O)c2csc3nc(-c4cccc(OC)c4)cn23)CC1. The number of hydrogen-bond donors (Lipinski definition) is 1. The maximum absolute atomic E-state index is 12.6. The number of hydrogen-bond acceptors (Lipinski definition) is 5. The zero-order valence-corrected chi connectivity index (χ0v) is 15.6. The Balaban J connectivity index is 1.55. The predicted octanol–water partition coefficient (Wildman–Crippen LogP) is 3.23. The van der Waals surface area contributed by atoms with Gasteiger partial charge in [-0.1, -0.05) is 12.1 Å². The number of carbonyl (C=O) groups excluding carboxylic acids is 1. The number of nitrogens with one attached hydrogen (secondary N) is 1. The minimum Gasteiger partial charge on any atom is -0.497 e. The molecule has 26 heavy (non-hydrogen) atoms. The number of imidazole rings is 1. The summed E-state index contributed by atoms with van der Waals surface area (Å²) in [5, 5.41) is 4.90. The van der Waals surface area contributed by atoms with E-state index >= 15 is 0 Å². The van der Waals surface area contributed by atoms with E-state index in [9.17, 15) is 4.79 Å². The molecule has 1 aromatic carbocycles. The summed E-state index contributed by atoms with van der Waals surface area (Å²) in [6.07, 6.45) is 4.11. The summed E-state index contributed by atoms with van der Waals surface area (Å²) in [7, 11) is 3.35. The summed E-state index contributed by atoms with van der Waals surface area (Å²) in [4.78, 5) is 18.1. The van der Waals surface area contributed by atoms with Crippen LogP contribution in [-0.2, 0) is 4.74 Å². The third-order valence-corrected chi connectivity index (χ3v) is 5.68. The first-order valence-electron chi connectivity index (χ1n) is 8.52. The lowest BCUT2D eigenvalue weighted by molar-refractivity contribution is 0.0914. The summed E-state index contributed by atoms with van der Waals surface area (Å²) in [5.41, 5.74) is 2.52. The standard InChI is InChI=1S/C19H21N3O3S/c1-24-12-19(6-7-19)11-20-17(23)16-10-26-18-21-15(9-22(16)18)13-4-3-5-14(8-13)25-2/h3-5,8-10H,6-7,11-12H2,1-2H3,(H,20,23). The number of carbonyl (C=O) groups is 1. The highest BCUT2D eigenvalue weighted by atomic mass is 32.1. The molecule has 0 saturated heterocycles. The van der Waals surface area contributed by atoms with Crippen molar-refractivity contribution < 1.29 is 14.3 Å². The first kappa shape index (κ1) is 17.1. The van der Waals surface area contributed by atoms with Gasteiger partial charge in [-0.2, -0.15) is 0 Å². The minimum atomic E-state index is -0.0757. The van der Waals surface area contributed by atoms with Crippen LogP contribution in [0.15, 0.2) is 35.8 Å². The zero-order valence-electron chi connectivity index (χ0n) is 14.8. The third kappa shape index (κ3) is 3.20. The van der Waals surface area contributed by atoms with Crippen molar-refractivity contribution in [2.24, 2.45) is 5.41 Å². The van der Waals surface area contributed by atoms with Crippen LogP contribution >= 0.6 is 11.3 Å². The Kier molecular flexibility index (Phi) is 4.42. The molecule has 0 radical (unpaired) electrons. The van der Waals surface area contributed by atoms with Gasteiger partial charge in [-0.3, -0.25) is 9.20 Å². The van der Waals surface area contributed by atoms with Gasteiger partial charge in [0, 0.05) is 36.2 Å². The van der Waals surface area contributed by atoms with Crippen LogP contribution in [-0.4, -0.2) is 42.7 Å². The number of fused-ring (bicyclic) bond motifs is 1. The number of rotatable bonds is 7. The van der Waals surface area contributed by atoms with E-state index in [0.29, 0.717) is 18.8 Å². The molecule has 4 rings (SSSR count). The minimum absolute atomic E-state index is 0.0757. The van der Waals surface area contributed by atoms with E-state index in [-0.39, 0.29) is 11.3 Å². The Bertz CT molecular complexity index is 943. The Morgan fingerprint density at radius 2 is 2.23 bits per heavy atom. The number of amides is 1. The van der Waals surface area contributed by atoms with E-state index in [0.717, 1.165) is 34.8 Å². The molecule has 1 aliphatic rings. The van der Waals surface area contributed by atoms with Gasteiger partial charge in [-0.25, -0.2) is 4.98 Å². The molecule has 0 spiro atoms. The van der Waals surface area contributed by atoms with Gasteiger partial charge >= 0.3 is 0 Å². The molecule has 1 amide bonds. The van der Waals surface area contributed by atoms with Crippen molar-refractivity contribution >= 4 is 22.2 Å². The molecule has 1 N–H and O–H groups in total. The van der Waals surface area contributed by atoms with Crippen molar-refractivity contribution in [2.45, 2.75) is 12.8 Å². The fraction of sp³-hybridized carbons (Fsp3) is 0.368. The van der Waals surface area contributed by atoms with E-state index in [1.54, 1.807) is 14.2 Å². The fourth-order valence-corrected chi connectivity index (χ4v) is 3.94. The second-order valence-electron chi connectivity index (χ2n) is 6.75. The molecule has 2 heterocycles. The monoisotopic (exact) mass is 371 g/mol. The lowest BCUT2D eigenvalue weighted by Gasteiger charge is -2.14. The van der Waals surface area contributed by atoms with Gasteiger partial charge < -0.3 is 14.8 Å². The molecule has 7 heteroatoms. The highest BCUT2D eigenvalue weighted by Gasteiger charge is 2.42. The average Bonchev–Trinajstić information content (AvgIpc) is 3.12. The first-order chi connectivity index (χ1) is 12.6. The van der Waals surface area contributed by atoms with Crippen molar-refractivity contribution in [2.75, 3.05) is 27.4 Å².